The molecule has 1 aliphatic heterocycles. The molecule has 0 spiro atoms. The third-order valence-corrected chi connectivity index (χ3v) is 6.08. The van der Waals surface area contributed by atoms with Gasteiger partial charge in [-0.05, 0) is 38.8 Å². The van der Waals surface area contributed by atoms with Crippen LogP contribution in [-0.4, -0.2) is 31.3 Å². The molecular formula is C17H23N3O3S. The summed E-state index contributed by atoms with van der Waals surface area (Å²) < 4.78 is 35.5. The molecular weight excluding hydrogens is 326 g/mol. The molecule has 24 heavy (non-hydrogen) atoms. The molecule has 0 fully saturated rings. The van der Waals surface area contributed by atoms with E-state index in [1.54, 1.807) is 18.5 Å². The molecule has 0 bridgehead atoms. The van der Waals surface area contributed by atoms with Crippen molar-refractivity contribution in [2.75, 3.05) is 13.2 Å². The Morgan fingerprint density at radius 3 is 2.79 bits per heavy atom. The van der Waals surface area contributed by atoms with Gasteiger partial charge in [0.15, 0.2) is 0 Å². The summed E-state index contributed by atoms with van der Waals surface area (Å²) in [6.07, 6.45) is 0.810. The molecule has 0 amide bonds. The molecule has 2 aromatic rings. The lowest BCUT2D eigenvalue weighted by Gasteiger charge is -2.25. The predicted octanol–water partition coefficient (Wildman–Crippen LogP) is 2.05. The van der Waals surface area contributed by atoms with E-state index in [-0.39, 0.29) is 5.92 Å². The Bertz CT molecular complexity index is 843. The number of rotatable bonds is 5. The number of aryl methyl sites for hydroxylation is 2. The topological polar surface area (TPSA) is 73.2 Å². The number of benzene rings is 1. The van der Waals surface area contributed by atoms with Crippen LogP contribution in [0.25, 0.3) is 0 Å². The summed E-state index contributed by atoms with van der Waals surface area (Å²) in [7, 11) is -3.58. The summed E-state index contributed by atoms with van der Waals surface area (Å²) in [6.45, 7) is 6.99. The van der Waals surface area contributed by atoms with Gasteiger partial charge in [0.05, 0.1) is 18.0 Å². The van der Waals surface area contributed by atoms with Crippen LogP contribution in [0, 0.1) is 19.8 Å². The van der Waals surface area contributed by atoms with Gasteiger partial charge in [0.25, 0.3) is 0 Å². The highest BCUT2D eigenvalue weighted by Crippen LogP contribution is 2.27. The standard InChI is InChI=1S/C17H23N3O3S/c1-4-20-13(3)17(12(2)19-20)24(21,22)18-10-14-9-15-7-5-6-8-16(15)23-11-14/h5-8,14,18H,4,9-11H2,1-3H3/t14-/m1/s1. The largest absolute Gasteiger partial charge is 0.493 e. The third kappa shape index (κ3) is 3.18. The summed E-state index contributed by atoms with van der Waals surface area (Å²) >= 11 is 0. The highest BCUT2D eigenvalue weighted by atomic mass is 32.2. The summed E-state index contributed by atoms with van der Waals surface area (Å²) in [4.78, 5) is 0.293. The van der Waals surface area contributed by atoms with Gasteiger partial charge >= 0.3 is 0 Å². The SMILES string of the molecule is CCn1nc(C)c(S(=O)(=O)NC[C@@H]2COc3ccccc3C2)c1C. The second kappa shape index (κ2) is 6.57. The van der Waals surface area contributed by atoms with Crippen molar-refractivity contribution in [1.29, 1.82) is 0 Å². The van der Waals surface area contributed by atoms with E-state index in [4.69, 9.17) is 4.74 Å². The van der Waals surface area contributed by atoms with Crippen LogP contribution >= 0.6 is 0 Å². The lowest BCUT2D eigenvalue weighted by molar-refractivity contribution is 0.223. The zero-order chi connectivity index (χ0) is 17.3. The number of para-hydroxylation sites is 1. The van der Waals surface area contributed by atoms with Crippen LogP contribution in [-0.2, 0) is 23.0 Å². The number of nitrogens with zero attached hydrogens (tertiary/aromatic N) is 2. The Morgan fingerprint density at radius 2 is 2.08 bits per heavy atom. The quantitative estimate of drug-likeness (QED) is 0.897. The van der Waals surface area contributed by atoms with Gasteiger partial charge in [-0.1, -0.05) is 18.2 Å². The zero-order valence-electron chi connectivity index (χ0n) is 14.2. The highest BCUT2D eigenvalue weighted by molar-refractivity contribution is 7.89. The number of aromatic nitrogens is 2. The Labute approximate surface area is 142 Å². The maximum Gasteiger partial charge on any atom is 0.244 e. The van der Waals surface area contributed by atoms with E-state index in [1.807, 2.05) is 31.2 Å². The Kier molecular flexibility index (Phi) is 4.64. The van der Waals surface area contributed by atoms with E-state index >= 15 is 0 Å². The number of sulfonamides is 1. The van der Waals surface area contributed by atoms with Gasteiger partial charge in [-0.3, -0.25) is 4.68 Å². The van der Waals surface area contributed by atoms with Crippen molar-refractivity contribution in [2.45, 2.75) is 38.6 Å². The summed E-state index contributed by atoms with van der Waals surface area (Å²) in [5.74, 6) is 1.02. The molecule has 0 radical (unpaired) electrons. The fraction of sp³-hybridized carbons (Fsp3) is 0.471. The van der Waals surface area contributed by atoms with E-state index in [9.17, 15) is 8.42 Å². The van der Waals surface area contributed by atoms with Crippen LogP contribution in [0.1, 0.15) is 23.9 Å². The molecule has 0 saturated heterocycles. The predicted molar refractivity (Wildman–Crippen MR) is 91.7 cm³/mol. The molecule has 1 atom stereocenters. The fourth-order valence-electron chi connectivity index (χ4n) is 3.20. The van der Waals surface area contributed by atoms with Crippen molar-refractivity contribution in [3.8, 4) is 5.75 Å². The van der Waals surface area contributed by atoms with E-state index in [0.29, 0.717) is 36.0 Å². The normalized spacial score (nSPS) is 17.4. The molecule has 6 nitrogen and oxygen atoms in total. The summed E-state index contributed by atoms with van der Waals surface area (Å²) in [5.41, 5.74) is 2.33. The van der Waals surface area contributed by atoms with E-state index in [1.165, 1.54) is 0 Å². The molecule has 3 rings (SSSR count). The highest BCUT2D eigenvalue weighted by Gasteiger charge is 2.26. The van der Waals surface area contributed by atoms with Crippen molar-refractivity contribution in [3.05, 3.63) is 41.2 Å². The molecule has 1 aromatic heterocycles. The van der Waals surface area contributed by atoms with Crippen molar-refractivity contribution >= 4 is 10.0 Å². The molecule has 1 aromatic carbocycles. The number of hydrogen-bond donors (Lipinski definition) is 1. The van der Waals surface area contributed by atoms with Crippen molar-refractivity contribution < 1.29 is 13.2 Å². The Balaban J connectivity index is 1.72. The minimum absolute atomic E-state index is 0.122. The average molecular weight is 349 g/mol. The van der Waals surface area contributed by atoms with Crippen LogP contribution in [0.2, 0.25) is 0 Å². The van der Waals surface area contributed by atoms with Gasteiger partial charge in [-0.2, -0.15) is 5.10 Å². The van der Waals surface area contributed by atoms with Crippen molar-refractivity contribution in [1.82, 2.24) is 14.5 Å². The van der Waals surface area contributed by atoms with Gasteiger partial charge in [0, 0.05) is 19.0 Å². The summed E-state index contributed by atoms with van der Waals surface area (Å²) in [5, 5.41) is 4.29. The lowest BCUT2D eigenvalue weighted by atomic mass is 9.97. The van der Waals surface area contributed by atoms with Crippen LogP contribution in [0.4, 0.5) is 0 Å². The van der Waals surface area contributed by atoms with E-state index in [2.05, 4.69) is 9.82 Å². The zero-order valence-corrected chi connectivity index (χ0v) is 15.1. The molecule has 0 unspecified atom stereocenters. The first kappa shape index (κ1) is 17.0. The lowest BCUT2D eigenvalue weighted by Crippen LogP contribution is -2.35. The number of ether oxygens (including phenoxy) is 1. The van der Waals surface area contributed by atoms with Gasteiger partial charge < -0.3 is 4.74 Å². The number of hydrogen-bond acceptors (Lipinski definition) is 4. The molecule has 1 aliphatic rings. The fourth-order valence-corrected chi connectivity index (χ4v) is 4.72. The molecule has 0 saturated carbocycles. The van der Waals surface area contributed by atoms with Crippen LogP contribution < -0.4 is 9.46 Å². The molecule has 130 valence electrons. The monoisotopic (exact) mass is 349 g/mol. The average Bonchev–Trinajstić information content (AvgIpc) is 2.87. The molecule has 0 aliphatic carbocycles. The van der Waals surface area contributed by atoms with Crippen molar-refractivity contribution in [3.63, 3.8) is 0 Å². The minimum Gasteiger partial charge on any atom is -0.493 e. The smallest absolute Gasteiger partial charge is 0.244 e. The van der Waals surface area contributed by atoms with Crippen LogP contribution in [0.5, 0.6) is 5.75 Å². The van der Waals surface area contributed by atoms with E-state index in [0.717, 1.165) is 17.7 Å². The molecule has 2 heterocycles. The minimum atomic E-state index is -3.58. The second-order valence-electron chi connectivity index (χ2n) is 6.16. The Hall–Kier alpha value is -1.86. The van der Waals surface area contributed by atoms with E-state index < -0.39 is 10.0 Å². The first-order valence-corrected chi connectivity index (χ1v) is 9.65. The molecule has 1 N–H and O–H groups in total. The third-order valence-electron chi connectivity index (χ3n) is 4.40. The van der Waals surface area contributed by atoms with Gasteiger partial charge in [-0.25, -0.2) is 13.1 Å². The summed E-state index contributed by atoms with van der Waals surface area (Å²) in [6, 6.07) is 7.89. The van der Waals surface area contributed by atoms with Crippen LogP contribution in [0.3, 0.4) is 0 Å². The van der Waals surface area contributed by atoms with Crippen LogP contribution in [0.15, 0.2) is 29.2 Å². The number of fused-ring (bicyclic) bond motifs is 1. The first-order valence-electron chi connectivity index (χ1n) is 8.16. The van der Waals surface area contributed by atoms with Gasteiger partial charge in [0.2, 0.25) is 10.0 Å². The second-order valence-corrected chi connectivity index (χ2v) is 7.86. The Morgan fingerprint density at radius 1 is 1.33 bits per heavy atom. The number of nitrogens with one attached hydrogen (secondary N) is 1. The van der Waals surface area contributed by atoms with Crippen molar-refractivity contribution in [2.24, 2.45) is 5.92 Å². The maximum atomic E-state index is 12.7. The maximum absolute atomic E-state index is 12.7. The van der Waals surface area contributed by atoms with Gasteiger partial charge in [-0.15, -0.1) is 0 Å². The first-order chi connectivity index (χ1) is 11.4. The molecule has 7 heteroatoms. The van der Waals surface area contributed by atoms with Gasteiger partial charge in [0.1, 0.15) is 10.6 Å².